The molecule has 0 radical (unpaired) electrons. The van der Waals surface area contributed by atoms with Crippen molar-refractivity contribution in [3.63, 3.8) is 0 Å². The van der Waals surface area contributed by atoms with Gasteiger partial charge in [-0.2, -0.15) is 0 Å². The Labute approximate surface area is 229 Å². The molecule has 1 aliphatic heterocycles. The smallest absolute Gasteiger partial charge is 0.255 e. The van der Waals surface area contributed by atoms with Crippen LogP contribution in [0.3, 0.4) is 0 Å². The highest BCUT2D eigenvalue weighted by Crippen LogP contribution is 2.27. The minimum atomic E-state index is -0.402. The molecule has 0 aliphatic carbocycles. The molecule has 5 aromatic rings. The van der Waals surface area contributed by atoms with Crippen LogP contribution in [0.25, 0.3) is 16.9 Å². The van der Waals surface area contributed by atoms with Gasteiger partial charge in [0.25, 0.3) is 11.8 Å². The molecule has 3 aromatic carbocycles. The van der Waals surface area contributed by atoms with Gasteiger partial charge < -0.3 is 24.7 Å². The number of nitrogens with one attached hydrogen (secondary N) is 2. The van der Waals surface area contributed by atoms with E-state index in [0.29, 0.717) is 60.3 Å². The average Bonchev–Trinajstić information content (AvgIpc) is 3.47. The third-order valence-corrected chi connectivity index (χ3v) is 6.59. The Hall–Kier alpha value is -5.09. The summed E-state index contributed by atoms with van der Waals surface area (Å²) in [6, 6.07) is 20.0. The van der Waals surface area contributed by atoms with E-state index in [1.807, 2.05) is 47.1 Å². The predicted molar refractivity (Wildman–Crippen MR) is 149 cm³/mol. The first-order chi connectivity index (χ1) is 19.5. The van der Waals surface area contributed by atoms with Crippen LogP contribution in [0.4, 0.5) is 21.6 Å². The third kappa shape index (κ3) is 5.38. The highest BCUT2D eigenvalue weighted by atomic mass is 19.1. The second-order valence-electron chi connectivity index (χ2n) is 9.28. The van der Waals surface area contributed by atoms with E-state index in [1.54, 1.807) is 29.3 Å². The maximum absolute atomic E-state index is 13.2. The van der Waals surface area contributed by atoms with Crippen LogP contribution in [0.5, 0.6) is 0 Å². The van der Waals surface area contributed by atoms with Crippen LogP contribution in [-0.4, -0.2) is 57.4 Å². The quantitative estimate of drug-likeness (QED) is 0.317. The van der Waals surface area contributed by atoms with Gasteiger partial charge in [-0.1, -0.05) is 12.1 Å². The highest BCUT2D eigenvalue weighted by molar-refractivity contribution is 6.04. The van der Waals surface area contributed by atoms with Crippen molar-refractivity contribution in [1.29, 1.82) is 0 Å². The molecule has 9 nitrogen and oxygen atoms in total. The Morgan fingerprint density at radius 3 is 2.42 bits per heavy atom. The number of rotatable bonds is 6. The number of ether oxygens (including phenoxy) is 1. The van der Waals surface area contributed by atoms with E-state index in [-0.39, 0.29) is 11.8 Å². The number of hydrogen-bond acceptors (Lipinski definition) is 6. The Morgan fingerprint density at radius 2 is 1.65 bits per heavy atom. The van der Waals surface area contributed by atoms with Gasteiger partial charge in [-0.15, -0.1) is 0 Å². The van der Waals surface area contributed by atoms with E-state index in [4.69, 9.17) is 9.72 Å². The number of morpholine rings is 1. The van der Waals surface area contributed by atoms with Crippen molar-refractivity contribution in [2.75, 3.05) is 36.9 Å². The van der Waals surface area contributed by atoms with Crippen molar-refractivity contribution in [2.24, 2.45) is 0 Å². The van der Waals surface area contributed by atoms with Crippen LogP contribution in [0, 0.1) is 5.82 Å². The minimum Gasteiger partial charge on any atom is -0.378 e. The van der Waals surface area contributed by atoms with Crippen molar-refractivity contribution < 1.29 is 18.7 Å². The monoisotopic (exact) mass is 536 g/mol. The summed E-state index contributed by atoms with van der Waals surface area (Å²) in [6.45, 7) is 2.28. The fraction of sp³-hybridized carbons (Fsp3) is 0.133. The number of imidazole rings is 1. The molecule has 1 aliphatic rings. The molecule has 40 heavy (non-hydrogen) atoms. The molecule has 10 heteroatoms. The van der Waals surface area contributed by atoms with E-state index >= 15 is 0 Å². The zero-order chi connectivity index (χ0) is 27.5. The van der Waals surface area contributed by atoms with Gasteiger partial charge in [-0.3, -0.25) is 9.59 Å². The molecule has 1 saturated heterocycles. The SMILES string of the molecule is O=C(Nc1cccc(-c2cn3ccnc3c(Nc3ccc(C(=O)N4CCOCC4)cc3)n2)c1)c1ccc(F)cc1. The summed E-state index contributed by atoms with van der Waals surface area (Å²) < 4.78 is 20.4. The normalized spacial score (nSPS) is 13.3. The second kappa shape index (κ2) is 11.0. The van der Waals surface area contributed by atoms with E-state index in [0.717, 1.165) is 11.3 Å². The number of anilines is 3. The van der Waals surface area contributed by atoms with Gasteiger partial charge in [-0.05, 0) is 60.7 Å². The maximum atomic E-state index is 13.2. The standard InChI is InChI=1S/C30H25FN6O3/c31-23-8-4-20(5-9-23)29(38)34-25-3-1-2-22(18-25)26-19-37-13-12-32-28(37)27(35-26)33-24-10-6-21(7-11-24)30(39)36-14-16-40-17-15-36/h1-13,18-19H,14-17H2,(H,33,35)(H,34,38). The van der Waals surface area contributed by atoms with Gasteiger partial charge in [0.15, 0.2) is 11.5 Å². The molecule has 0 unspecified atom stereocenters. The number of benzene rings is 3. The molecule has 2 amide bonds. The number of amides is 2. The Balaban J connectivity index is 1.23. The van der Waals surface area contributed by atoms with Crippen LogP contribution in [0.15, 0.2) is 91.4 Å². The van der Waals surface area contributed by atoms with Crippen molar-refractivity contribution in [2.45, 2.75) is 0 Å². The number of halogens is 1. The lowest BCUT2D eigenvalue weighted by molar-refractivity contribution is 0.0303. The van der Waals surface area contributed by atoms with Crippen LogP contribution < -0.4 is 10.6 Å². The summed E-state index contributed by atoms with van der Waals surface area (Å²) in [5, 5.41) is 6.17. The zero-order valence-electron chi connectivity index (χ0n) is 21.4. The summed E-state index contributed by atoms with van der Waals surface area (Å²) in [5.41, 5.74) is 4.38. The van der Waals surface area contributed by atoms with E-state index in [9.17, 15) is 14.0 Å². The van der Waals surface area contributed by atoms with Gasteiger partial charge in [-0.25, -0.2) is 14.4 Å². The minimum absolute atomic E-state index is 0.0166. The van der Waals surface area contributed by atoms with Crippen molar-refractivity contribution in [3.8, 4) is 11.3 Å². The van der Waals surface area contributed by atoms with Gasteiger partial charge in [0.05, 0.1) is 18.9 Å². The maximum Gasteiger partial charge on any atom is 0.255 e. The first kappa shape index (κ1) is 25.2. The van der Waals surface area contributed by atoms with Gasteiger partial charge in [0.2, 0.25) is 0 Å². The predicted octanol–water partition coefficient (Wildman–Crippen LogP) is 5.00. The molecule has 0 spiro atoms. The van der Waals surface area contributed by atoms with Gasteiger partial charge in [0, 0.05) is 59.7 Å². The molecular formula is C30H25FN6O3. The summed E-state index contributed by atoms with van der Waals surface area (Å²) in [7, 11) is 0. The lowest BCUT2D eigenvalue weighted by Gasteiger charge is -2.26. The van der Waals surface area contributed by atoms with Crippen molar-refractivity contribution in [1.82, 2.24) is 19.3 Å². The highest BCUT2D eigenvalue weighted by Gasteiger charge is 2.18. The number of fused-ring (bicyclic) bond motifs is 1. The molecule has 2 aromatic heterocycles. The number of hydrogen-bond donors (Lipinski definition) is 2. The first-order valence-corrected chi connectivity index (χ1v) is 12.8. The Morgan fingerprint density at radius 1 is 0.900 bits per heavy atom. The Bertz CT molecular complexity index is 1680. The first-order valence-electron chi connectivity index (χ1n) is 12.8. The molecule has 1 fully saturated rings. The number of carbonyl (C=O) groups excluding carboxylic acids is 2. The lowest BCUT2D eigenvalue weighted by Crippen LogP contribution is -2.40. The zero-order valence-corrected chi connectivity index (χ0v) is 21.4. The largest absolute Gasteiger partial charge is 0.378 e. The van der Waals surface area contributed by atoms with Gasteiger partial charge >= 0.3 is 0 Å². The molecule has 6 rings (SSSR count). The summed E-state index contributed by atoms with van der Waals surface area (Å²) in [6.07, 6.45) is 5.38. The average molecular weight is 537 g/mol. The van der Waals surface area contributed by atoms with E-state index in [1.165, 1.54) is 24.3 Å². The van der Waals surface area contributed by atoms with E-state index in [2.05, 4.69) is 15.6 Å². The lowest BCUT2D eigenvalue weighted by atomic mass is 10.1. The second-order valence-corrected chi connectivity index (χ2v) is 9.28. The number of carbonyl (C=O) groups is 2. The molecule has 2 N–H and O–H groups in total. The number of nitrogens with zero attached hydrogens (tertiary/aromatic N) is 4. The topological polar surface area (TPSA) is 101 Å². The summed E-state index contributed by atoms with van der Waals surface area (Å²) in [5.74, 6) is -0.220. The summed E-state index contributed by atoms with van der Waals surface area (Å²) >= 11 is 0. The van der Waals surface area contributed by atoms with Crippen LogP contribution >= 0.6 is 0 Å². The fourth-order valence-corrected chi connectivity index (χ4v) is 4.50. The molecule has 0 saturated carbocycles. The van der Waals surface area contributed by atoms with Gasteiger partial charge in [0.1, 0.15) is 5.82 Å². The number of aromatic nitrogens is 3. The van der Waals surface area contributed by atoms with Crippen molar-refractivity contribution >= 4 is 34.7 Å². The molecular weight excluding hydrogens is 511 g/mol. The molecule has 3 heterocycles. The van der Waals surface area contributed by atoms with Crippen LogP contribution in [-0.2, 0) is 4.74 Å². The Kier molecular flexibility index (Phi) is 6.90. The molecule has 0 atom stereocenters. The molecule has 200 valence electrons. The van der Waals surface area contributed by atoms with E-state index < -0.39 is 5.82 Å². The summed E-state index contributed by atoms with van der Waals surface area (Å²) in [4.78, 5) is 36.5. The van der Waals surface area contributed by atoms with Crippen molar-refractivity contribution in [3.05, 3.63) is 108 Å². The van der Waals surface area contributed by atoms with Crippen LogP contribution in [0.2, 0.25) is 0 Å². The van der Waals surface area contributed by atoms with Crippen LogP contribution in [0.1, 0.15) is 20.7 Å². The fourth-order valence-electron chi connectivity index (χ4n) is 4.50. The third-order valence-electron chi connectivity index (χ3n) is 6.59. The molecule has 0 bridgehead atoms.